The fraction of sp³-hybridized carbons (Fsp3) is 0.214. The molecule has 0 aliphatic rings. The molecule has 0 saturated carbocycles. The Labute approximate surface area is 139 Å². The minimum absolute atomic E-state index is 0.0278. The van der Waals surface area contributed by atoms with E-state index in [0.717, 1.165) is 9.36 Å². The van der Waals surface area contributed by atoms with Crippen LogP contribution >= 0.6 is 15.9 Å². The Morgan fingerprint density at radius 3 is 2.39 bits per heavy atom. The number of carbonyl (C=O) groups is 1. The number of nitrogens with zero attached hydrogens (tertiary/aromatic N) is 2. The van der Waals surface area contributed by atoms with Gasteiger partial charge in [-0.25, -0.2) is 9.36 Å². The van der Waals surface area contributed by atoms with Crippen LogP contribution in [0.2, 0.25) is 0 Å². The number of anilines is 2. The predicted octanol–water partition coefficient (Wildman–Crippen LogP) is 0.655. The number of hydrogen-bond acceptors (Lipinski definition) is 5. The van der Waals surface area contributed by atoms with Gasteiger partial charge in [0.1, 0.15) is 10.2 Å². The lowest BCUT2D eigenvalue weighted by molar-refractivity contribution is 0.0960. The standard InChI is InChI=1S/C14H15BrN4O4/c1-16-12(21)7-5-4-6-8(11(7)20)17-10-9(15)13(22)18(2)19(3)14(10)23/h4-6,17,20H,1-3H3,(H,16,21). The quantitative estimate of drug-likeness (QED) is 0.676. The number of phenolic OH excluding ortho intramolecular Hbond substituents is 1. The first-order valence-electron chi connectivity index (χ1n) is 6.56. The third kappa shape index (κ3) is 2.87. The van der Waals surface area contributed by atoms with Crippen LogP contribution in [0.5, 0.6) is 5.75 Å². The number of halogens is 1. The van der Waals surface area contributed by atoms with Crippen molar-refractivity contribution in [3.63, 3.8) is 0 Å². The van der Waals surface area contributed by atoms with Gasteiger partial charge >= 0.3 is 0 Å². The zero-order valence-electron chi connectivity index (χ0n) is 12.7. The number of aromatic nitrogens is 2. The van der Waals surface area contributed by atoms with E-state index in [1.54, 1.807) is 6.07 Å². The second-order valence-electron chi connectivity index (χ2n) is 4.75. The summed E-state index contributed by atoms with van der Waals surface area (Å²) in [5.74, 6) is -0.788. The number of hydrogen-bond donors (Lipinski definition) is 3. The van der Waals surface area contributed by atoms with Gasteiger partial charge in [0.25, 0.3) is 17.0 Å². The van der Waals surface area contributed by atoms with Gasteiger partial charge in [0, 0.05) is 21.1 Å². The van der Waals surface area contributed by atoms with Gasteiger partial charge in [-0.05, 0) is 28.1 Å². The van der Waals surface area contributed by atoms with Gasteiger partial charge in [0.05, 0.1) is 11.3 Å². The van der Waals surface area contributed by atoms with Crippen LogP contribution in [0.4, 0.5) is 11.4 Å². The topological polar surface area (TPSA) is 105 Å². The molecule has 0 aliphatic carbocycles. The zero-order chi connectivity index (χ0) is 17.3. The zero-order valence-corrected chi connectivity index (χ0v) is 14.3. The van der Waals surface area contributed by atoms with E-state index in [9.17, 15) is 19.5 Å². The van der Waals surface area contributed by atoms with Crippen LogP contribution < -0.4 is 21.8 Å². The van der Waals surface area contributed by atoms with Crippen molar-refractivity contribution in [2.75, 3.05) is 12.4 Å². The molecule has 3 N–H and O–H groups in total. The first kappa shape index (κ1) is 16.8. The smallest absolute Gasteiger partial charge is 0.289 e. The molecule has 0 spiro atoms. The molecule has 0 radical (unpaired) electrons. The Morgan fingerprint density at radius 1 is 1.17 bits per heavy atom. The van der Waals surface area contributed by atoms with Crippen molar-refractivity contribution in [2.45, 2.75) is 0 Å². The monoisotopic (exact) mass is 382 g/mol. The Hall–Kier alpha value is -2.55. The SMILES string of the molecule is CNC(=O)c1cccc(Nc2c(Br)c(=O)n(C)n(C)c2=O)c1O. The van der Waals surface area contributed by atoms with E-state index < -0.39 is 17.0 Å². The maximum absolute atomic E-state index is 12.3. The molecule has 0 saturated heterocycles. The van der Waals surface area contributed by atoms with Crippen LogP contribution in [0.1, 0.15) is 10.4 Å². The number of benzene rings is 1. The summed E-state index contributed by atoms with van der Waals surface area (Å²) in [6.07, 6.45) is 0. The van der Waals surface area contributed by atoms with Crippen molar-refractivity contribution >= 4 is 33.2 Å². The van der Waals surface area contributed by atoms with Gasteiger partial charge in [0.15, 0.2) is 5.75 Å². The van der Waals surface area contributed by atoms with Crippen molar-refractivity contribution in [3.05, 3.63) is 48.9 Å². The van der Waals surface area contributed by atoms with Gasteiger partial charge in [-0.2, -0.15) is 0 Å². The van der Waals surface area contributed by atoms with Crippen molar-refractivity contribution in [1.29, 1.82) is 0 Å². The second kappa shape index (κ2) is 6.29. The molecule has 0 fully saturated rings. The summed E-state index contributed by atoms with van der Waals surface area (Å²) in [5.41, 5.74) is -0.730. The third-order valence-electron chi connectivity index (χ3n) is 3.43. The first-order chi connectivity index (χ1) is 10.8. The van der Waals surface area contributed by atoms with Gasteiger partial charge in [0.2, 0.25) is 0 Å². The molecule has 1 heterocycles. The Bertz CT molecular complexity index is 901. The van der Waals surface area contributed by atoms with Crippen molar-refractivity contribution in [3.8, 4) is 5.75 Å². The Kier molecular flexibility index (Phi) is 4.60. The number of para-hydroxylation sites is 1. The molecular formula is C14H15BrN4O4. The molecule has 0 unspecified atom stereocenters. The highest BCUT2D eigenvalue weighted by molar-refractivity contribution is 9.10. The minimum Gasteiger partial charge on any atom is -0.505 e. The van der Waals surface area contributed by atoms with Gasteiger partial charge in [-0.1, -0.05) is 6.07 Å². The van der Waals surface area contributed by atoms with Crippen LogP contribution in [0.15, 0.2) is 32.3 Å². The highest BCUT2D eigenvalue weighted by atomic mass is 79.9. The molecule has 1 aromatic heterocycles. The third-order valence-corrected chi connectivity index (χ3v) is 4.16. The lowest BCUT2D eigenvalue weighted by Crippen LogP contribution is -2.36. The maximum atomic E-state index is 12.3. The number of carbonyl (C=O) groups excluding carboxylic acids is 1. The van der Waals surface area contributed by atoms with E-state index in [4.69, 9.17) is 0 Å². The lowest BCUT2D eigenvalue weighted by atomic mass is 10.1. The van der Waals surface area contributed by atoms with Crippen LogP contribution in [0, 0.1) is 0 Å². The van der Waals surface area contributed by atoms with E-state index >= 15 is 0 Å². The lowest BCUT2D eigenvalue weighted by Gasteiger charge is -2.14. The fourth-order valence-electron chi connectivity index (χ4n) is 1.98. The molecule has 1 amide bonds. The molecule has 9 heteroatoms. The fourth-order valence-corrected chi connectivity index (χ4v) is 2.51. The van der Waals surface area contributed by atoms with E-state index in [-0.39, 0.29) is 27.2 Å². The average molecular weight is 383 g/mol. The summed E-state index contributed by atoms with van der Waals surface area (Å²) in [7, 11) is 4.35. The molecule has 0 atom stereocenters. The van der Waals surface area contributed by atoms with Crippen LogP contribution in [0.25, 0.3) is 0 Å². The summed E-state index contributed by atoms with van der Waals surface area (Å²) < 4.78 is 2.32. The minimum atomic E-state index is -0.470. The summed E-state index contributed by atoms with van der Waals surface area (Å²) in [6.45, 7) is 0. The molecular weight excluding hydrogens is 368 g/mol. The van der Waals surface area contributed by atoms with Crippen molar-refractivity contribution in [1.82, 2.24) is 14.7 Å². The van der Waals surface area contributed by atoms with E-state index in [2.05, 4.69) is 26.6 Å². The molecule has 1 aromatic carbocycles. The summed E-state index contributed by atoms with van der Waals surface area (Å²) in [6, 6.07) is 4.48. The average Bonchev–Trinajstić information content (AvgIpc) is 2.55. The number of amides is 1. The largest absolute Gasteiger partial charge is 0.505 e. The highest BCUT2D eigenvalue weighted by Gasteiger charge is 2.18. The summed E-state index contributed by atoms with van der Waals surface area (Å²) in [5, 5.41) is 15.3. The van der Waals surface area contributed by atoms with Gasteiger partial charge in [-0.3, -0.25) is 14.4 Å². The molecule has 8 nitrogen and oxygen atoms in total. The highest BCUT2D eigenvalue weighted by Crippen LogP contribution is 2.30. The van der Waals surface area contributed by atoms with Crippen LogP contribution in [0.3, 0.4) is 0 Å². The number of phenols is 1. The van der Waals surface area contributed by atoms with E-state index in [0.29, 0.717) is 0 Å². The second-order valence-corrected chi connectivity index (χ2v) is 5.55. The molecule has 2 rings (SSSR count). The number of nitrogens with one attached hydrogen (secondary N) is 2. The summed E-state index contributed by atoms with van der Waals surface area (Å²) in [4.78, 5) is 36.1. The molecule has 122 valence electrons. The Balaban J connectivity index is 2.60. The van der Waals surface area contributed by atoms with Crippen molar-refractivity contribution in [2.24, 2.45) is 14.1 Å². The summed E-state index contributed by atoms with van der Waals surface area (Å²) >= 11 is 3.09. The van der Waals surface area contributed by atoms with E-state index in [1.807, 2.05) is 0 Å². The molecule has 23 heavy (non-hydrogen) atoms. The van der Waals surface area contributed by atoms with E-state index in [1.165, 1.54) is 33.3 Å². The van der Waals surface area contributed by atoms with Crippen LogP contribution in [-0.4, -0.2) is 27.4 Å². The first-order valence-corrected chi connectivity index (χ1v) is 7.35. The van der Waals surface area contributed by atoms with Crippen LogP contribution in [-0.2, 0) is 14.1 Å². The number of aromatic hydroxyl groups is 1. The predicted molar refractivity (Wildman–Crippen MR) is 89.4 cm³/mol. The normalized spacial score (nSPS) is 10.4. The van der Waals surface area contributed by atoms with Gasteiger partial charge in [-0.15, -0.1) is 0 Å². The number of rotatable bonds is 3. The molecule has 0 bridgehead atoms. The Morgan fingerprint density at radius 2 is 1.78 bits per heavy atom. The molecule has 0 aliphatic heterocycles. The molecule has 2 aromatic rings. The van der Waals surface area contributed by atoms with Gasteiger partial charge < -0.3 is 15.7 Å². The van der Waals surface area contributed by atoms with Crippen molar-refractivity contribution < 1.29 is 9.90 Å². The maximum Gasteiger partial charge on any atom is 0.289 e.